The van der Waals surface area contributed by atoms with Crippen LogP contribution in [0.4, 0.5) is 34.1 Å². The van der Waals surface area contributed by atoms with Crippen molar-refractivity contribution in [2.75, 3.05) is 9.80 Å². The van der Waals surface area contributed by atoms with Crippen LogP contribution in [-0.4, -0.2) is 6.71 Å². The number of fused-ring (bicyclic) bond motifs is 10. The van der Waals surface area contributed by atoms with Gasteiger partial charge in [-0.15, -0.1) is 22.7 Å². The fourth-order valence-corrected chi connectivity index (χ4v) is 13.2. The molecule has 0 bridgehead atoms. The predicted molar refractivity (Wildman–Crippen MR) is 237 cm³/mol. The van der Waals surface area contributed by atoms with Gasteiger partial charge in [0, 0.05) is 52.5 Å². The van der Waals surface area contributed by atoms with Crippen molar-refractivity contribution in [1.82, 2.24) is 0 Å². The van der Waals surface area contributed by atoms with E-state index >= 15 is 0 Å². The molecular weight excluding hydrogens is 691 g/mol. The third kappa shape index (κ3) is 4.76. The minimum atomic E-state index is 0.0396. The monoisotopic (exact) mass is 738 g/mol. The molecule has 0 saturated heterocycles. The quantitative estimate of drug-likeness (QED) is 0.163. The van der Waals surface area contributed by atoms with E-state index in [4.69, 9.17) is 0 Å². The summed E-state index contributed by atoms with van der Waals surface area (Å²) in [6.45, 7) is 19.2. The fourth-order valence-electron chi connectivity index (χ4n) is 10.4. The molecule has 0 radical (unpaired) electrons. The number of hydrogen-bond donors (Lipinski definition) is 0. The van der Waals surface area contributed by atoms with Crippen molar-refractivity contribution >= 4 is 98.7 Å². The van der Waals surface area contributed by atoms with Gasteiger partial charge in [-0.1, -0.05) is 78.8 Å². The fraction of sp³-hybridized carbons (Fsp3) is 0.306. The molecule has 7 aromatic rings. The molecule has 2 aliphatic carbocycles. The van der Waals surface area contributed by atoms with Crippen molar-refractivity contribution in [2.24, 2.45) is 10.8 Å². The number of thiophene rings is 2. The van der Waals surface area contributed by atoms with Crippen molar-refractivity contribution in [3.05, 3.63) is 124 Å². The van der Waals surface area contributed by atoms with Gasteiger partial charge >= 0.3 is 0 Å². The lowest BCUT2D eigenvalue weighted by atomic mass is 9.39. The Kier molecular flexibility index (Phi) is 6.69. The van der Waals surface area contributed by atoms with Crippen molar-refractivity contribution in [3.63, 3.8) is 0 Å². The largest absolute Gasteiger partial charge is 0.310 e. The maximum Gasteiger partial charge on any atom is 0.277 e. The van der Waals surface area contributed by atoms with E-state index in [0.717, 1.165) is 25.7 Å². The molecule has 0 unspecified atom stereocenters. The highest BCUT2D eigenvalue weighted by Crippen LogP contribution is 2.52. The van der Waals surface area contributed by atoms with Crippen LogP contribution in [0.1, 0.15) is 81.8 Å². The average Bonchev–Trinajstić information content (AvgIpc) is 3.83. The number of aryl methyl sites for hydroxylation is 1. The molecule has 4 heterocycles. The van der Waals surface area contributed by atoms with Gasteiger partial charge in [0.25, 0.3) is 6.71 Å². The molecular formula is C49H47BN2S2. The first-order chi connectivity index (χ1) is 25.7. The first kappa shape index (κ1) is 33.1. The topological polar surface area (TPSA) is 6.48 Å². The Labute approximate surface area is 328 Å². The Bertz CT molecular complexity index is 2740. The number of benzene rings is 5. The minimum Gasteiger partial charge on any atom is -0.310 e. The summed E-state index contributed by atoms with van der Waals surface area (Å²) in [6, 6.07) is 35.8. The van der Waals surface area contributed by atoms with Crippen LogP contribution in [0.15, 0.2) is 91.0 Å². The zero-order chi connectivity index (χ0) is 37.1. The first-order valence-corrected chi connectivity index (χ1v) is 21.4. The lowest BCUT2D eigenvalue weighted by Gasteiger charge is -2.42. The molecule has 0 N–H and O–H groups in total. The van der Waals surface area contributed by atoms with Crippen LogP contribution < -0.4 is 24.8 Å². The Morgan fingerprint density at radius 3 is 1.57 bits per heavy atom. The zero-order valence-electron chi connectivity index (χ0n) is 32.8. The molecule has 2 aromatic heterocycles. The molecule has 5 heteroatoms. The smallest absolute Gasteiger partial charge is 0.277 e. The SMILES string of the molecule is Cc1cc2c3c(c1)N(c1cccc(C(C)(C)C)c1)c1c(sc4cc5c(cc14)CC(C)(C)C5)B3c1sc3cc4c(cc3c1N2c1ccccc1)CC(C)(C)C4. The van der Waals surface area contributed by atoms with E-state index in [-0.39, 0.29) is 12.1 Å². The highest BCUT2D eigenvalue weighted by molar-refractivity contribution is 7.40. The van der Waals surface area contributed by atoms with E-state index < -0.39 is 0 Å². The lowest BCUT2D eigenvalue weighted by molar-refractivity contribution is 0.392. The van der Waals surface area contributed by atoms with Crippen LogP contribution in [0.3, 0.4) is 0 Å². The standard InChI is InChI=1S/C49H47BN2S2/c1-28-17-38-42-39(18-28)52(35-16-12-13-33(23-35)47(2,3)4)44-37-20-30-25-49(7,8)27-32(30)22-41(37)54-46(44)50(42)45-43(51(38)34-14-10-9-11-15-34)36-19-29-24-48(5,6)26-31(29)21-40(36)53-45/h9-23H,24-27H2,1-8H3. The summed E-state index contributed by atoms with van der Waals surface area (Å²) >= 11 is 4.11. The molecule has 0 spiro atoms. The van der Waals surface area contributed by atoms with E-state index in [1.807, 2.05) is 0 Å². The molecule has 2 aliphatic heterocycles. The summed E-state index contributed by atoms with van der Waals surface area (Å²) in [5.74, 6) is 0. The van der Waals surface area contributed by atoms with Crippen LogP contribution in [0.25, 0.3) is 20.2 Å². The van der Waals surface area contributed by atoms with Crippen LogP contribution in [0.2, 0.25) is 0 Å². The van der Waals surface area contributed by atoms with Gasteiger partial charge < -0.3 is 9.80 Å². The van der Waals surface area contributed by atoms with Gasteiger partial charge in [0.15, 0.2) is 0 Å². The van der Waals surface area contributed by atoms with Crippen LogP contribution in [-0.2, 0) is 31.1 Å². The Hall–Kier alpha value is -4.32. The molecule has 54 heavy (non-hydrogen) atoms. The normalized spacial score (nSPS) is 17.5. The third-order valence-corrected chi connectivity index (χ3v) is 15.1. The van der Waals surface area contributed by atoms with Crippen molar-refractivity contribution in [1.29, 1.82) is 0 Å². The number of nitrogens with zero attached hydrogens (tertiary/aromatic N) is 2. The molecule has 268 valence electrons. The van der Waals surface area contributed by atoms with E-state index in [9.17, 15) is 0 Å². The Balaban J connectivity index is 1.25. The van der Waals surface area contributed by atoms with Crippen LogP contribution in [0, 0.1) is 17.8 Å². The van der Waals surface area contributed by atoms with Crippen molar-refractivity contribution in [2.45, 2.75) is 86.5 Å². The lowest BCUT2D eigenvalue weighted by Crippen LogP contribution is -2.59. The van der Waals surface area contributed by atoms with Crippen LogP contribution in [0.5, 0.6) is 0 Å². The van der Waals surface area contributed by atoms with Gasteiger partial charge in [0.05, 0.1) is 11.4 Å². The summed E-state index contributed by atoms with van der Waals surface area (Å²) in [7, 11) is 0. The second-order valence-corrected chi connectivity index (χ2v) is 21.5. The van der Waals surface area contributed by atoms with E-state index in [1.54, 1.807) is 11.1 Å². The molecule has 5 aromatic carbocycles. The van der Waals surface area contributed by atoms with E-state index in [1.165, 1.54) is 91.6 Å². The van der Waals surface area contributed by atoms with Gasteiger partial charge in [-0.25, -0.2) is 0 Å². The van der Waals surface area contributed by atoms with Crippen molar-refractivity contribution in [3.8, 4) is 0 Å². The minimum absolute atomic E-state index is 0.0396. The second kappa shape index (κ2) is 10.9. The average molecular weight is 739 g/mol. The molecule has 4 aliphatic rings. The molecule has 11 rings (SSSR count). The van der Waals surface area contributed by atoms with E-state index in [0.29, 0.717) is 10.8 Å². The number of para-hydroxylation sites is 1. The summed E-state index contributed by atoms with van der Waals surface area (Å²) in [4.78, 5) is 5.29. The first-order valence-electron chi connectivity index (χ1n) is 19.8. The highest BCUT2D eigenvalue weighted by atomic mass is 32.1. The second-order valence-electron chi connectivity index (χ2n) is 19.4. The Morgan fingerprint density at radius 2 is 1.06 bits per heavy atom. The van der Waals surface area contributed by atoms with Gasteiger partial charge in [-0.05, 0) is 148 Å². The number of rotatable bonds is 2. The maximum absolute atomic E-state index is 2.66. The highest BCUT2D eigenvalue weighted by Gasteiger charge is 2.47. The van der Waals surface area contributed by atoms with Gasteiger partial charge in [0.2, 0.25) is 0 Å². The summed E-state index contributed by atoms with van der Waals surface area (Å²) in [5.41, 5.74) is 18.8. The Morgan fingerprint density at radius 1 is 0.574 bits per heavy atom. The van der Waals surface area contributed by atoms with Gasteiger partial charge in [0.1, 0.15) is 0 Å². The number of anilines is 6. The molecule has 0 fully saturated rings. The molecule has 2 nitrogen and oxygen atoms in total. The number of hydrogen-bond acceptors (Lipinski definition) is 4. The molecule has 0 atom stereocenters. The van der Waals surface area contributed by atoms with E-state index in [2.05, 4.69) is 179 Å². The zero-order valence-corrected chi connectivity index (χ0v) is 34.4. The van der Waals surface area contributed by atoms with Gasteiger partial charge in [-0.3, -0.25) is 0 Å². The predicted octanol–water partition coefficient (Wildman–Crippen LogP) is 12.1. The van der Waals surface area contributed by atoms with Crippen molar-refractivity contribution < 1.29 is 0 Å². The summed E-state index contributed by atoms with van der Waals surface area (Å²) < 4.78 is 5.82. The molecule has 0 saturated carbocycles. The maximum atomic E-state index is 2.66. The van der Waals surface area contributed by atoms with Gasteiger partial charge in [-0.2, -0.15) is 0 Å². The summed E-state index contributed by atoms with van der Waals surface area (Å²) in [5, 5.41) is 2.82. The van der Waals surface area contributed by atoms with Crippen LogP contribution >= 0.6 is 22.7 Å². The molecule has 0 amide bonds. The third-order valence-electron chi connectivity index (χ3n) is 12.7. The summed E-state index contributed by atoms with van der Waals surface area (Å²) in [6.07, 6.45) is 4.58.